The quantitative estimate of drug-likeness (QED) is 0.785. The molecule has 1 heterocycles. The monoisotopic (exact) mass is 314 g/mol. The van der Waals surface area contributed by atoms with Crippen molar-refractivity contribution in [1.82, 2.24) is 0 Å². The van der Waals surface area contributed by atoms with Gasteiger partial charge in [0, 0.05) is 10.7 Å². The van der Waals surface area contributed by atoms with Crippen molar-refractivity contribution in [3.8, 4) is 0 Å². The average molecular weight is 316 g/mol. The van der Waals surface area contributed by atoms with Crippen LogP contribution in [0.15, 0.2) is 29.6 Å². The zero-order valence-electron chi connectivity index (χ0n) is 8.06. The molecule has 0 amide bonds. The zero-order chi connectivity index (χ0) is 12.6. The fourth-order valence-corrected chi connectivity index (χ4v) is 3.44. The Morgan fingerprint density at radius 3 is 2.24 bits per heavy atom. The SMILES string of the molecule is O=S(=O)(Cl)c1c(C2OC=CO2)ccc(Cl)c1Cl. The lowest BCUT2D eigenvalue weighted by Gasteiger charge is -2.15. The standard InChI is InChI=1S/C9H5Cl3O4S/c10-6-2-1-5(9-15-3-4-16-9)8(7(6)11)17(12,13)14/h1-4,9H. The molecule has 0 unspecified atom stereocenters. The van der Waals surface area contributed by atoms with Crippen molar-refractivity contribution in [2.75, 3.05) is 0 Å². The van der Waals surface area contributed by atoms with E-state index in [-0.39, 0.29) is 20.5 Å². The van der Waals surface area contributed by atoms with Crippen LogP contribution in [0.2, 0.25) is 10.0 Å². The average Bonchev–Trinajstić information content (AvgIpc) is 2.73. The summed E-state index contributed by atoms with van der Waals surface area (Å²) >= 11 is 11.6. The van der Waals surface area contributed by atoms with Crippen LogP contribution in [0.5, 0.6) is 0 Å². The number of benzene rings is 1. The van der Waals surface area contributed by atoms with Crippen LogP contribution >= 0.6 is 33.9 Å². The summed E-state index contributed by atoms with van der Waals surface area (Å²) < 4.78 is 33.0. The maximum Gasteiger partial charge on any atom is 0.267 e. The van der Waals surface area contributed by atoms with Gasteiger partial charge in [0.1, 0.15) is 17.4 Å². The summed E-state index contributed by atoms with van der Waals surface area (Å²) in [5.74, 6) is 0. The van der Waals surface area contributed by atoms with Crippen LogP contribution in [0.1, 0.15) is 11.9 Å². The maximum atomic E-state index is 11.5. The summed E-state index contributed by atoms with van der Waals surface area (Å²) in [7, 11) is 1.26. The Hall–Kier alpha value is -0.620. The summed E-state index contributed by atoms with van der Waals surface area (Å²) in [6, 6.07) is 2.87. The van der Waals surface area contributed by atoms with Gasteiger partial charge in [0.05, 0.1) is 15.6 Å². The van der Waals surface area contributed by atoms with E-state index < -0.39 is 15.3 Å². The zero-order valence-corrected chi connectivity index (χ0v) is 11.1. The molecule has 1 aliphatic rings. The molecule has 92 valence electrons. The molecule has 1 aromatic rings. The molecule has 0 aliphatic carbocycles. The van der Waals surface area contributed by atoms with E-state index in [1.54, 1.807) is 0 Å². The van der Waals surface area contributed by atoms with Gasteiger partial charge in [-0.25, -0.2) is 8.42 Å². The normalized spacial score (nSPS) is 15.7. The highest BCUT2D eigenvalue weighted by Gasteiger charge is 2.29. The van der Waals surface area contributed by atoms with E-state index in [2.05, 4.69) is 0 Å². The number of hydrogen-bond acceptors (Lipinski definition) is 4. The first-order valence-corrected chi connectivity index (χ1v) is 7.36. The first-order chi connectivity index (χ1) is 7.91. The van der Waals surface area contributed by atoms with Crippen molar-refractivity contribution in [3.05, 3.63) is 40.3 Å². The molecule has 0 saturated carbocycles. The predicted molar refractivity (Wildman–Crippen MR) is 63.6 cm³/mol. The van der Waals surface area contributed by atoms with Crippen LogP contribution < -0.4 is 0 Å². The molecule has 2 rings (SSSR count). The third-order valence-corrected chi connectivity index (χ3v) is 4.34. The number of ether oxygens (including phenoxy) is 2. The first kappa shape index (κ1) is 12.8. The van der Waals surface area contributed by atoms with Crippen LogP contribution in [0.3, 0.4) is 0 Å². The molecule has 4 nitrogen and oxygen atoms in total. The van der Waals surface area contributed by atoms with Gasteiger partial charge in [-0.1, -0.05) is 23.2 Å². The molecule has 0 fully saturated rings. The van der Waals surface area contributed by atoms with Crippen molar-refractivity contribution in [2.45, 2.75) is 11.2 Å². The third kappa shape index (κ3) is 2.47. The summed E-state index contributed by atoms with van der Waals surface area (Å²) in [6.07, 6.45) is 1.68. The van der Waals surface area contributed by atoms with Crippen LogP contribution in [-0.2, 0) is 18.5 Å². The Balaban J connectivity index is 2.63. The Bertz CT molecular complexity index is 574. The van der Waals surface area contributed by atoms with E-state index in [4.69, 9.17) is 43.4 Å². The molecule has 0 aromatic heterocycles. The highest BCUT2D eigenvalue weighted by Crippen LogP contribution is 2.39. The molecule has 0 saturated heterocycles. The molecule has 17 heavy (non-hydrogen) atoms. The van der Waals surface area contributed by atoms with Crippen molar-refractivity contribution in [2.24, 2.45) is 0 Å². The van der Waals surface area contributed by atoms with E-state index in [0.29, 0.717) is 0 Å². The van der Waals surface area contributed by atoms with Gasteiger partial charge in [-0.15, -0.1) is 0 Å². The van der Waals surface area contributed by atoms with Crippen LogP contribution in [0.25, 0.3) is 0 Å². The number of rotatable bonds is 2. The van der Waals surface area contributed by atoms with E-state index in [0.717, 1.165) is 0 Å². The second-order valence-electron chi connectivity index (χ2n) is 3.09. The summed E-state index contributed by atoms with van der Waals surface area (Å²) in [4.78, 5) is -0.304. The largest absolute Gasteiger partial charge is 0.455 e. The lowest BCUT2D eigenvalue weighted by molar-refractivity contribution is -0.0267. The Labute approximate surface area is 112 Å². The van der Waals surface area contributed by atoms with Crippen molar-refractivity contribution < 1.29 is 17.9 Å². The Morgan fingerprint density at radius 1 is 1.12 bits per heavy atom. The molecular formula is C9H5Cl3O4S. The van der Waals surface area contributed by atoms with Crippen molar-refractivity contribution >= 4 is 42.9 Å². The number of hydrogen-bond donors (Lipinski definition) is 0. The summed E-state index contributed by atoms with van der Waals surface area (Å²) in [5, 5.41) is -0.0705. The molecular weight excluding hydrogens is 311 g/mol. The second-order valence-corrected chi connectivity index (χ2v) is 6.38. The summed E-state index contributed by atoms with van der Waals surface area (Å²) in [6.45, 7) is 0. The molecule has 0 radical (unpaired) electrons. The smallest absolute Gasteiger partial charge is 0.267 e. The second kappa shape index (κ2) is 4.57. The van der Waals surface area contributed by atoms with Crippen LogP contribution in [0.4, 0.5) is 0 Å². The summed E-state index contributed by atoms with van der Waals surface area (Å²) in [5.41, 5.74) is 0.194. The molecule has 0 bridgehead atoms. The minimum absolute atomic E-state index is 0.0839. The van der Waals surface area contributed by atoms with E-state index in [1.165, 1.54) is 24.7 Å². The van der Waals surface area contributed by atoms with Crippen molar-refractivity contribution in [3.63, 3.8) is 0 Å². The van der Waals surface area contributed by atoms with Gasteiger partial charge in [-0.2, -0.15) is 0 Å². The van der Waals surface area contributed by atoms with Gasteiger partial charge in [-0.3, -0.25) is 0 Å². The van der Waals surface area contributed by atoms with E-state index in [9.17, 15) is 8.42 Å². The van der Waals surface area contributed by atoms with Crippen molar-refractivity contribution in [1.29, 1.82) is 0 Å². The van der Waals surface area contributed by atoms with Crippen LogP contribution in [-0.4, -0.2) is 8.42 Å². The van der Waals surface area contributed by atoms with Gasteiger partial charge in [0.25, 0.3) is 15.3 Å². The molecule has 0 spiro atoms. The fourth-order valence-electron chi connectivity index (χ4n) is 1.37. The van der Waals surface area contributed by atoms with Gasteiger partial charge < -0.3 is 9.47 Å². The minimum Gasteiger partial charge on any atom is -0.455 e. The minimum atomic E-state index is -4.06. The Morgan fingerprint density at radius 2 is 1.71 bits per heavy atom. The van der Waals surface area contributed by atoms with Gasteiger partial charge in [0.15, 0.2) is 0 Å². The fraction of sp³-hybridized carbons (Fsp3) is 0.111. The van der Waals surface area contributed by atoms with Crippen LogP contribution in [0, 0.1) is 0 Å². The Kier molecular flexibility index (Phi) is 3.45. The molecule has 1 aromatic carbocycles. The van der Waals surface area contributed by atoms with E-state index >= 15 is 0 Å². The molecule has 0 N–H and O–H groups in total. The lowest BCUT2D eigenvalue weighted by atomic mass is 10.2. The highest BCUT2D eigenvalue weighted by molar-refractivity contribution is 8.13. The van der Waals surface area contributed by atoms with Gasteiger partial charge in [-0.05, 0) is 12.1 Å². The van der Waals surface area contributed by atoms with E-state index in [1.807, 2.05) is 0 Å². The topological polar surface area (TPSA) is 52.6 Å². The maximum absolute atomic E-state index is 11.5. The molecule has 0 atom stereocenters. The third-order valence-electron chi connectivity index (χ3n) is 2.04. The highest BCUT2D eigenvalue weighted by atomic mass is 35.7. The van der Waals surface area contributed by atoms with Gasteiger partial charge in [0.2, 0.25) is 0 Å². The van der Waals surface area contributed by atoms with Gasteiger partial charge >= 0.3 is 0 Å². The molecule has 8 heteroatoms. The predicted octanol–water partition coefficient (Wildman–Crippen LogP) is 3.44. The first-order valence-electron chi connectivity index (χ1n) is 4.30. The lowest BCUT2D eigenvalue weighted by Crippen LogP contribution is -2.06. The molecule has 1 aliphatic heterocycles. The number of halogens is 3.